The standard InChI is InChI=1S/C10H12N2O3/c11-8-3-7(6-1-2-15-5-6)4-12-9(8)10(13)14/h3-4,6H,1-2,5,11H2,(H,13,14). The molecule has 5 nitrogen and oxygen atoms in total. The molecule has 0 aliphatic carbocycles. The lowest BCUT2D eigenvalue weighted by Crippen LogP contribution is -2.08. The highest BCUT2D eigenvalue weighted by molar-refractivity contribution is 5.91. The predicted octanol–water partition coefficient (Wildman–Crippen LogP) is 0.866. The minimum Gasteiger partial charge on any atom is -0.476 e. The van der Waals surface area contributed by atoms with Crippen LogP contribution in [0, 0.1) is 0 Å². The highest BCUT2D eigenvalue weighted by Gasteiger charge is 2.20. The Bertz CT molecular complexity index is 386. The second-order valence-corrected chi connectivity index (χ2v) is 3.57. The molecule has 1 aliphatic rings. The minimum absolute atomic E-state index is 0.0855. The van der Waals surface area contributed by atoms with Crippen molar-refractivity contribution in [1.82, 2.24) is 4.98 Å². The monoisotopic (exact) mass is 208 g/mol. The van der Waals surface area contributed by atoms with Crippen molar-refractivity contribution in [3.63, 3.8) is 0 Å². The molecule has 80 valence electrons. The highest BCUT2D eigenvalue weighted by Crippen LogP contribution is 2.26. The van der Waals surface area contributed by atoms with E-state index < -0.39 is 5.97 Å². The van der Waals surface area contributed by atoms with E-state index in [4.69, 9.17) is 15.6 Å². The summed E-state index contributed by atoms with van der Waals surface area (Å²) in [6, 6.07) is 1.68. The van der Waals surface area contributed by atoms with E-state index in [1.165, 1.54) is 0 Å². The Morgan fingerprint density at radius 3 is 3.00 bits per heavy atom. The number of carboxylic acids is 1. The van der Waals surface area contributed by atoms with Gasteiger partial charge in [-0.05, 0) is 18.1 Å². The third-order valence-corrected chi connectivity index (χ3v) is 2.54. The van der Waals surface area contributed by atoms with Crippen LogP contribution in [-0.4, -0.2) is 29.3 Å². The third-order valence-electron chi connectivity index (χ3n) is 2.54. The second-order valence-electron chi connectivity index (χ2n) is 3.57. The molecule has 0 amide bonds. The van der Waals surface area contributed by atoms with E-state index in [2.05, 4.69) is 4.98 Å². The number of nitrogens with two attached hydrogens (primary N) is 1. The first-order valence-corrected chi connectivity index (χ1v) is 4.75. The maximum atomic E-state index is 10.7. The quantitative estimate of drug-likeness (QED) is 0.753. The molecular formula is C10H12N2O3. The fourth-order valence-corrected chi connectivity index (χ4v) is 1.70. The summed E-state index contributed by atoms with van der Waals surface area (Å²) in [7, 11) is 0. The first-order chi connectivity index (χ1) is 7.18. The Morgan fingerprint density at radius 2 is 2.47 bits per heavy atom. The van der Waals surface area contributed by atoms with Gasteiger partial charge in [-0.2, -0.15) is 0 Å². The van der Waals surface area contributed by atoms with Crippen molar-refractivity contribution < 1.29 is 14.6 Å². The molecule has 1 fully saturated rings. The third kappa shape index (κ3) is 1.92. The minimum atomic E-state index is -1.10. The first kappa shape index (κ1) is 9.92. The molecule has 2 heterocycles. The van der Waals surface area contributed by atoms with Gasteiger partial charge in [0.2, 0.25) is 0 Å². The van der Waals surface area contributed by atoms with Crippen molar-refractivity contribution in [1.29, 1.82) is 0 Å². The number of rotatable bonds is 2. The Hall–Kier alpha value is -1.62. The van der Waals surface area contributed by atoms with E-state index in [0.29, 0.717) is 12.5 Å². The van der Waals surface area contributed by atoms with E-state index in [0.717, 1.165) is 18.6 Å². The summed E-state index contributed by atoms with van der Waals surface area (Å²) in [5.41, 5.74) is 6.69. The van der Waals surface area contributed by atoms with Gasteiger partial charge in [-0.1, -0.05) is 0 Å². The second kappa shape index (κ2) is 3.86. The number of carboxylic acid groups (broad SMARTS) is 1. The molecule has 3 N–H and O–H groups in total. The molecule has 1 unspecified atom stereocenters. The normalized spacial score (nSPS) is 20.4. The highest BCUT2D eigenvalue weighted by atomic mass is 16.5. The van der Waals surface area contributed by atoms with Crippen molar-refractivity contribution in [3.8, 4) is 0 Å². The Morgan fingerprint density at radius 1 is 1.67 bits per heavy atom. The van der Waals surface area contributed by atoms with Gasteiger partial charge in [0, 0.05) is 18.7 Å². The van der Waals surface area contributed by atoms with E-state index in [1.54, 1.807) is 12.3 Å². The summed E-state index contributed by atoms with van der Waals surface area (Å²) in [5.74, 6) is -0.802. The summed E-state index contributed by atoms with van der Waals surface area (Å²) >= 11 is 0. The first-order valence-electron chi connectivity index (χ1n) is 4.75. The fraction of sp³-hybridized carbons (Fsp3) is 0.400. The van der Waals surface area contributed by atoms with Crippen LogP contribution < -0.4 is 5.73 Å². The number of nitrogens with zero attached hydrogens (tertiary/aromatic N) is 1. The van der Waals surface area contributed by atoms with Crippen molar-refractivity contribution in [2.75, 3.05) is 18.9 Å². The van der Waals surface area contributed by atoms with Crippen LogP contribution in [0.1, 0.15) is 28.4 Å². The van der Waals surface area contributed by atoms with E-state index >= 15 is 0 Å². The van der Waals surface area contributed by atoms with Crippen LogP contribution in [0.4, 0.5) is 5.69 Å². The maximum absolute atomic E-state index is 10.7. The summed E-state index contributed by atoms with van der Waals surface area (Å²) in [6.07, 6.45) is 2.51. The van der Waals surface area contributed by atoms with Gasteiger partial charge < -0.3 is 15.6 Å². The molecule has 1 aromatic rings. The van der Waals surface area contributed by atoms with Crippen LogP contribution in [0.5, 0.6) is 0 Å². The van der Waals surface area contributed by atoms with Gasteiger partial charge >= 0.3 is 5.97 Å². The average Bonchev–Trinajstić information content (AvgIpc) is 2.69. The zero-order valence-electron chi connectivity index (χ0n) is 8.14. The van der Waals surface area contributed by atoms with Crippen molar-refractivity contribution in [3.05, 3.63) is 23.5 Å². The molecule has 1 aromatic heterocycles. The van der Waals surface area contributed by atoms with E-state index in [1.807, 2.05) is 0 Å². The summed E-state index contributed by atoms with van der Waals surface area (Å²) in [6.45, 7) is 1.40. The van der Waals surface area contributed by atoms with Gasteiger partial charge in [-0.25, -0.2) is 9.78 Å². The molecule has 0 bridgehead atoms. The Kier molecular flexibility index (Phi) is 2.55. The number of hydrogen-bond acceptors (Lipinski definition) is 4. The molecule has 0 aromatic carbocycles. The molecule has 2 rings (SSSR count). The lowest BCUT2D eigenvalue weighted by Gasteiger charge is -2.09. The van der Waals surface area contributed by atoms with Crippen LogP contribution in [0.3, 0.4) is 0 Å². The van der Waals surface area contributed by atoms with E-state index in [-0.39, 0.29) is 11.4 Å². The number of anilines is 1. The van der Waals surface area contributed by atoms with Crippen molar-refractivity contribution in [2.24, 2.45) is 0 Å². The molecule has 15 heavy (non-hydrogen) atoms. The van der Waals surface area contributed by atoms with Gasteiger partial charge in [0.25, 0.3) is 0 Å². The maximum Gasteiger partial charge on any atom is 0.356 e. The van der Waals surface area contributed by atoms with Crippen LogP contribution in [0.2, 0.25) is 0 Å². The van der Waals surface area contributed by atoms with E-state index in [9.17, 15) is 4.79 Å². The van der Waals surface area contributed by atoms with Gasteiger partial charge in [0.15, 0.2) is 5.69 Å². The largest absolute Gasteiger partial charge is 0.476 e. The average molecular weight is 208 g/mol. The number of carbonyl (C=O) groups is 1. The zero-order chi connectivity index (χ0) is 10.8. The number of ether oxygens (including phenoxy) is 1. The van der Waals surface area contributed by atoms with Crippen LogP contribution in [-0.2, 0) is 4.74 Å². The lowest BCUT2D eigenvalue weighted by atomic mass is 10.00. The van der Waals surface area contributed by atoms with Gasteiger partial charge in [-0.15, -0.1) is 0 Å². The number of nitrogen functional groups attached to an aromatic ring is 1. The molecular weight excluding hydrogens is 196 g/mol. The zero-order valence-corrected chi connectivity index (χ0v) is 8.14. The van der Waals surface area contributed by atoms with Crippen molar-refractivity contribution in [2.45, 2.75) is 12.3 Å². The molecule has 0 radical (unpaired) electrons. The molecule has 1 atom stereocenters. The topological polar surface area (TPSA) is 85.4 Å². The predicted molar refractivity (Wildman–Crippen MR) is 53.8 cm³/mol. The van der Waals surface area contributed by atoms with Gasteiger partial charge in [-0.3, -0.25) is 0 Å². The Balaban J connectivity index is 2.28. The molecule has 1 aliphatic heterocycles. The Labute approximate surface area is 86.9 Å². The SMILES string of the molecule is Nc1cc(C2CCOC2)cnc1C(=O)O. The molecule has 0 spiro atoms. The molecule has 1 saturated heterocycles. The van der Waals surface area contributed by atoms with Gasteiger partial charge in [0.1, 0.15) is 0 Å². The summed E-state index contributed by atoms with van der Waals surface area (Å²) < 4.78 is 5.24. The fourth-order valence-electron chi connectivity index (χ4n) is 1.70. The number of aromatic nitrogens is 1. The lowest BCUT2D eigenvalue weighted by molar-refractivity contribution is 0.0692. The molecule has 0 saturated carbocycles. The van der Waals surface area contributed by atoms with Crippen LogP contribution in [0.25, 0.3) is 0 Å². The van der Waals surface area contributed by atoms with Gasteiger partial charge in [0.05, 0.1) is 12.3 Å². The molecule has 5 heteroatoms. The van der Waals surface area contributed by atoms with Crippen LogP contribution in [0.15, 0.2) is 12.3 Å². The number of hydrogen-bond donors (Lipinski definition) is 2. The number of pyridine rings is 1. The smallest absolute Gasteiger partial charge is 0.356 e. The summed E-state index contributed by atoms with van der Waals surface area (Å²) in [4.78, 5) is 14.5. The summed E-state index contributed by atoms with van der Waals surface area (Å²) in [5, 5.41) is 8.75. The van der Waals surface area contributed by atoms with Crippen molar-refractivity contribution >= 4 is 11.7 Å². The van der Waals surface area contributed by atoms with Crippen LogP contribution >= 0.6 is 0 Å². The number of aromatic carboxylic acids is 1.